The maximum Gasteiger partial charge on any atom is 0.223 e. The van der Waals surface area contributed by atoms with Gasteiger partial charge in [0.2, 0.25) is 5.91 Å². The largest absolute Gasteiger partial charge is 0.339 e. The molecule has 0 fully saturated rings. The van der Waals surface area contributed by atoms with Crippen LogP contribution in [0.15, 0.2) is 42.5 Å². The highest BCUT2D eigenvalue weighted by atomic mass is 19.2. The average Bonchev–Trinajstić information content (AvgIpc) is 2.99. The first-order valence-electron chi connectivity index (χ1n) is 8.25. The summed E-state index contributed by atoms with van der Waals surface area (Å²) in [6.07, 6.45) is 2.44. The van der Waals surface area contributed by atoms with Gasteiger partial charge in [0, 0.05) is 13.5 Å². The van der Waals surface area contributed by atoms with Crippen LogP contribution in [0.25, 0.3) is 0 Å². The average molecular weight is 329 g/mol. The Kier molecular flexibility index (Phi) is 4.65. The van der Waals surface area contributed by atoms with Crippen molar-refractivity contribution in [2.75, 3.05) is 7.05 Å². The maximum absolute atomic E-state index is 13.4. The zero-order valence-corrected chi connectivity index (χ0v) is 13.9. The van der Waals surface area contributed by atoms with E-state index in [-0.39, 0.29) is 17.9 Å². The van der Waals surface area contributed by atoms with Crippen molar-refractivity contribution in [1.29, 1.82) is 0 Å². The van der Waals surface area contributed by atoms with Crippen molar-refractivity contribution in [2.45, 2.75) is 38.1 Å². The summed E-state index contributed by atoms with van der Waals surface area (Å²) in [5.41, 5.74) is 3.18. The Morgan fingerprint density at radius 2 is 1.96 bits per heavy atom. The quantitative estimate of drug-likeness (QED) is 0.802. The second kappa shape index (κ2) is 6.71. The molecule has 0 bridgehead atoms. The van der Waals surface area contributed by atoms with Crippen LogP contribution < -0.4 is 0 Å². The number of hydrogen-bond acceptors (Lipinski definition) is 1. The molecule has 0 saturated carbocycles. The fraction of sp³-hybridized carbons (Fsp3) is 0.350. The van der Waals surface area contributed by atoms with Gasteiger partial charge < -0.3 is 4.90 Å². The number of benzene rings is 2. The monoisotopic (exact) mass is 329 g/mol. The number of halogens is 2. The fourth-order valence-electron chi connectivity index (χ4n) is 3.42. The highest BCUT2D eigenvalue weighted by Gasteiger charge is 2.27. The van der Waals surface area contributed by atoms with Gasteiger partial charge in [-0.3, -0.25) is 4.79 Å². The number of hydrogen-bond donors (Lipinski definition) is 0. The molecule has 2 aromatic carbocycles. The van der Waals surface area contributed by atoms with Crippen LogP contribution in [-0.4, -0.2) is 17.9 Å². The van der Waals surface area contributed by atoms with Crippen molar-refractivity contribution >= 4 is 5.91 Å². The number of rotatable bonds is 4. The minimum atomic E-state index is -0.884. The van der Waals surface area contributed by atoms with Gasteiger partial charge in [0.25, 0.3) is 0 Å². The van der Waals surface area contributed by atoms with Crippen molar-refractivity contribution in [3.05, 3.63) is 70.8 Å². The number of nitrogens with zero attached hydrogens (tertiary/aromatic N) is 1. The first-order chi connectivity index (χ1) is 11.5. The summed E-state index contributed by atoms with van der Waals surface area (Å²) in [4.78, 5) is 14.3. The van der Waals surface area contributed by atoms with Crippen molar-refractivity contribution < 1.29 is 13.6 Å². The molecular formula is C20H21F2NO. The van der Waals surface area contributed by atoms with Crippen LogP contribution in [0.3, 0.4) is 0 Å². The Bertz CT molecular complexity index is 759. The van der Waals surface area contributed by atoms with Crippen molar-refractivity contribution in [3.8, 4) is 0 Å². The van der Waals surface area contributed by atoms with Gasteiger partial charge in [0.15, 0.2) is 11.6 Å². The lowest BCUT2D eigenvalue weighted by molar-refractivity contribution is -0.132. The molecule has 0 saturated heterocycles. The molecule has 1 aliphatic carbocycles. The van der Waals surface area contributed by atoms with Crippen LogP contribution in [0.4, 0.5) is 8.78 Å². The Balaban J connectivity index is 1.70. The number of fused-ring (bicyclic) bond motifs is 1. The molecule has 0 N–H and O–H groups in total. The third-order valence-corrected chi connectivity index (χ3v) is 5.08. The molecule has 24 heavy (non-hydrogen) atoms. The molecule has 0 heterocycles. The number of carbonyl (C=O) groups excluding carboxylic acids is 1. The maximum atomic E-state index is 13.4. The zero-order valence-electron chi connectivity index (χ0n) is 13.9. The topological polar surface area (TPSA) is 20.3 Å². The predicted molar refractivity (Wildman–Crippen MR) is 89.7 cm³/mol. The lowest BCUT2D eigenvalue weighted by atomic mass is 9.96. The second-order valence-corrected chi connectivity index (χ2v) is 6.49. The van der Waals surface area contributed by atoms with Crippen molar-refractivity contribution in [1.82, 2.24) is 4.90 Å². The first-order valence-corrected chi connectivity index (χ1v) is 8.25. The van der Waals surface area contributed by atoms with E-state index in [2.05, 4.69) is 12.1 Å². The highest BCUT2D eigenvalue weighted by molar-refractivity contribution is 5.77. The van der Waals surface area contributed by atoms with Crippen LogP contribution in [0.1, 0.15) is 48.4 Å². The molecule has 4 heteroatoms. The molecule has 0 aromatic heterocycles. The Morgan fingerprint density at radius 3 is 2.71 bits per heavy atom. The fourth-order valence-corrected chi connectivity index (χ4v) is 3.42. The van der Waals surface area contributed by atoms with Crippen LogP contribution in [0, 0.1) is 11.6 Å². The van der Waals surface area contributed by atoms with Gasteiger partial charge in [-0.05, 0) is 54.5 Å². The van der Waals surface area contributed by atoms with Gasteiger partial charge in [-0.25, -0.2) is 8.78 Å². The molecule has 0 radical (unpaired) electrons. The van der Waals surface area contributed by atoms with Gasteiger partial charge in [0.05, 0.1) is 6.04 Å². The predicted octanol–water partition coefficient (Wildman–Crippen LogP) is 4.60. The third kappa shape index (κ3) is 3.18. The van der Waals surface area contributed by atoms with Crippen molar-refractivity contribution in [2.24, 2.45) is 0 Å². The minimum absolute atomic E-state index is 0.0222. The number of aryl methyl sites for hydroxylation is 1. The van der Waals surface area contributed by atoms with E-state index in [9.17, 15) is 13.6 Å². The van der Waals surface area contributed by atoms with E-state index in [1.54, 1.807) is 11.9 Å². The van der Waals surface area contributed by atoms with E-state index in [0.29, 0.717) is 12.0 Å². The minimum Gasteiger partial charge on any atom is -0.339 e. The van der Waals surface area contributed by atoms with Crippen LogP contribution in [-0.2, 0) is 11.2 Å². The summed E-state index contributed by atoms with van der Waals surface area (Å²) in [5.74, 6) is -1.49. The summed E-state index contributed by atoms with van der Waals surface area (Å²) in [6.45, 7) is 1.83. The Hall–Kier alpha value is -2.23. The van der Waals surface area contributed by atoms with Gasteiger partial charge >= 0.3 is 0 Å². The Morgan fingerprint density at radius 1 is 1.21 bits per heavy atom. The summed E-state index contributed by atoms with van der Waals surface area (Å²) in [5, 5.41) is 0. The molecule has 3 rings (SSSR count). The van der Waals surface area contributed by atoms with Crippen LogP contribution in [0.2, 0.25) is 0 Å². The van der Waals surface area contributed by atoms with Gasteiger partial charge in [0.1, 0.15) is 0 Å². The van der Waals surface area contributed by atoms with E-state index in [1.165, 1.54) is 17.2 Å². The Labute approximate surface area is 141 Å². The van der Waals surface area contributed by atoms with Gasteiger partial charge in [-0.2, -0.15) is 0 Å². The van der Waals surface area contributed by atoms with E-state index < -0.39 is 11.6 Å². The standard InChI is InChI=1S/C20H21F2NO/c1-13(15-9-10-18(21)19(22)11-15)23(2)20(24)12-16-8-7-14-5-3-4-6-17(14)16/h3-6,9-11,13,16H,7-8,12H2,1-2H3. The van der Waals surface area contributed by atoms with E-state index in [1.807, 2.05) is 19.1 Å². The number of carbonyl (C=O) groups is 1. The van der Waals surface area contributed by atoms with E-state index in [4.69, 9.17) is 0 Å². The molecule has 2 aromatic rings. The first kappa shape index (κ1) is 16.6. The molecule has 2 nitrogen and oxygen atoms in total. The molecule has 0 spiro atoms. The van der Waals surface area contributed by atoms with E-state index >= 15 is 0 Å². The molecule has 2 unspecified atom stereocenters. The summed E-state index contributed by atoms with van der Waals surface area (Å²) in [6, 6.07) is 11.7. The zero-order chi connectivity index (χ0) is 17.3. The second-order valence-electron chi connectivity index (χ2n) is 6.49. The molecular weight excluding hydrogens is 308 g/mol. The summed E-state index contributed by atoms with van der Waals surface area (Å²) in [7, 11) is 1.72. The van der Waals surface area contributed by atoms with Crippen LogP contribution >= 0.6 is 0 Å². The molecule has 2 atom stereocenters. The molecule has 1 aliphatic rings. The van der Waals surface area contributed by atoms with Crippen LogP contribution in [0.5, 0.6) is 0 Å². The number of amides is 1. The lowest BCUT2D eigenvalue weighted by Crippen LogP contribution is -2.30. The SMILES string of the molecule is CC(c1ccc(F)c(F)c1)N(C)C(=O)CC1CCc2ccccc21. The molecule has 126 valence electrons. The summed E-state index contributed by atoms with van der Waals surface area (Å²) < 4.78 is 26.5. The lowest BCUT2D eigenvalue weighted by Gasteiger charge is -2.27. The van der Waals surface area contributed by atoms with Crippen molar-refractivity contribution in [3.63, 3.8) is 0 Å². The smallest absolute Gasteiger partial charge is 0.223 e. The van der Waals surface area contributed by atoms with Gasteiger partial charge in [-0.1, -0.05) is 30.3 Å². The molecule has 1 amide bonds. The van der Waals surface area contributed by atoms with E-state index in [0.717, 1.165) is 25.0 Å². The molecule has 0 aliphatic heterocycles. The van der Waals surface area contributed by atoms with Gasteiger partial charge in [-0.15, -0.1) is 0 Å². The summed E-state index contributed by atoms with van der Waals surface area (Å²) >= 11 is 0. The third-order valence-electron chi connectivity index (χ3n) is 5.08. The highest BCUT2D eigenvalue weighted by Crippen LogP contribution is 2.36. The normalized spacial score (nSPS) is 17.4.